The summed E-state index contributed by atoms with van der Waals surface area (Å²) in [6.07, 6.45) is 1.66. The molecule has 2 aromatic rings. The zero-order chi connectivity index (χ0) is 23.8. The fourth-order valence-electron chi connectivity index (χ4n) is 3.96. The fourth-order valence-corrected chi connectivity index (χ4v) is 3.96. The van der Waals surface area contributed by atoms with Crippen LogP contribution in [0.2, 0.25) is 0 Å². The topological polar surface area (TPSA) is 79.5 Å². The lowest BCUT2D eigenvalue weighted by molar-refractivity contribution is -0.117. The Kier molecular flexibility index (Phi) is 9.06. The van der Waals surface area contributed by atoms with Gasteiger partial charge in [0.2, 0.25) is 0 Å². The van der Waals surface area contributed by atoms with Gasteiger partial charge in [0.25, 0.3) is 5.91 Å². The largest absolute Gasteiger partial charge is 0.497 e. The van der Waals surface area contributed by atoms with Gasteiger partial charge < -0.3 is 24.3 Å². The number of hydrogen-bond acceptors (Lipinski definition) is 5. The predicted molar refractivity (Wildman–Crippen MR) is 127 cm³/mol. The van der Waals surface area contributed by atoms with Crippen molar-refractivity contribution in [2.45, 2.75) is 32.9 Å². The van der Waals surface area contributed by atoms with Gasteiger partial charge in [0, 0.05) is 25.0 Å². The molecular weight excluding hydrogens is 404 g/mol. The van der Waals surface area contributed by atoms with Gasteiger partial charge in [-0.2, -0.15) is 5.26 Å². The molecule has 1 heterocycles. The number of carbonyl (C=O) groups is 1. The molecule has 32 heavy (non-hydrogen) atoms. The minimum Gasteiger partial charge on any atom is -0.497 e. The number of benzene rings is 1. The van der Waals surface area contributed by atoms with Crippen molar-refractivity contribution in [1.29, 1.82) is 5.26 Å². The molecule has 1 aromatic heterocycles. The molecular formula is C25H34N4O3. The standard InChI is InChI=1S/C25H34N4O3/c1-17-12-21(19(3)29(17)18(2)16-31-6)13-22(14-26)25(30)27-15-24(28(4)5)20-8-10-23(32-7)11-9-20/h8-13,18,24H,15-16H2,1-7H3,(H,27,30)/b22-13+. The second kappa shape index (κ2) is 11.5. The van der Waals surface area contributed by atoms with E-state index < -0.39 is 0 Å². The molecule has 2 atom stereocenters. The molecule has 7 nitrogen and oxygen atoms in total. The Labute approximate surface area is 191 Å². The summed E-state index contributed by atoms with van der Waals surface area (Å²) in [5.41, 5.74) is 4.04. The van der Waals surface area contributed by atoms with Gasteiger partial charge in [-0.15, -0.1) is 0 Å². The van der Waals surface area contributed by atoms with Gasteiger partial charge in [0.15, 0.2) is 0 Å². The minimum atomic E-state index is -0.386. The van der Waals surface area contributed by atoms with Crippen LogP contribution in [0.1, 0.15) is 41.5 Å². The van der Waals surface area contributed by atoms with Crippen LogP contribution in [0, 0.1) is 25.2 Å². The summed E-state index contributed by atoms with van der Waals surface area (Å²) in [4.78, 5) is 14.8. The molecule has 0 spiro atoms. The fraction of sp³-hybridized carbons (Fsp3) is 0.440. The van der Waals surface area contributed by atoms with E-state index in [9.17, 15) is 10.1 Å². The summed E-state index contributed by atoms with van der Waals surface area (Å²) in [5, 5.41) is 12.6. The lowest BCUT2D eigenvalue weighted by Crippen LogP contribution is -2.35. The van der Waals surface area contributed by atoms with Crippen LogP contribution in [0.3, 0.4) is 0 Å². The normalized spacial score (nSPS) is 13.5. The molecule has 1 N–H and O–H groups in total. The molecule has 2 rings (SSSR count). The van der Waals surface area contributed by atoms with Crippen molar-refractivity contribution < 1.29 is 14.3 Å². The quantitative estimate of drug-likeness (QED) is 0.452. The third kappa shape index (κ3) is 6.00. The summed E-state index contributed by atoms with van der Waals surface area (Å²) in [6.45, 7) is 7.04. The van der Waals surface area contributed by atoms with Gasteiger partial charge in [-0.25, -0.2) is 0 Å². The molecule has 1 aromatic carbocycles. The number of carbonyl (C=O) groups excluding carboxylic acids is 1. The zero-order valence-corrected chi connectivity index (χ0v) is 20.1. The molecule has 0 bridgehead atoms. The van der Waals surface area contributed by atoms with Crippen molar-refractivity contribution in [3.63, 3.8) is 0 Å². The van der Waals surface area contributed by atoms with Gasteiger partial charge in [0.1, 0.15) is 17.4 Å². The highest BCUT2D eigenvalue weighted by atomic mass is 16.5. The Hall–Kier alpha value is -3.08. The number of methoxy groups -OCH3 is 2. The van der Waals surface area contributed by atoms with E-state index in [2.05, 4.69) is 22.9 Å². The molecule has 0 radical (unpaired) electrons. The number of likely N-dealkylation sites (N-methyl/N-ethyl adjacent to an activating group) is 1. The van der Waals surface area contributed by atoms with E-state index in [0.29, 0.717) is 13.2 Å². The molecule has 7 heteroatoms. The molecule has 2 unspecified atom stereocenters. The highest BCUT2D eigenvalue weighted by molar-refractivity contribution is 6.01. The van der Waals surface area contributed by atoms with E-state index in [-0.39, 0.29) is 23.6 Å². The predicted octanol–water partition coefficient (Wildman–Crippen LogP) is 3.65. The molecule has 0 fully saturated rings. The van der Waals surface area contributed by atoms with Crippen LogP contribution in [-0.2, 0) is 9.53 Å². The van der Waals surface area contributed by atoms with Crippen LogP contribution >= 0.6 is 0 Å². The number of rotatable bonds is 10. The maximum Gasteiger partial charge on any atom is 0.262 e. The van der Waals surface area contributed by atoms with Gasteiger partial charge in [-0.3, -0.25) is 4.79 Å². The summed E-state index contributed by atoms with van der Waals surface area (Å²) in [6, 6.07) is 11.9. The van der Waals surface area contributed by atoms with Crippen molar-refractivity contribution in [2.24, 2.45) is 0 Å². The first-order valence-corrected chi connectivity index (χ1v) is 10.6. The average Bonchev–Trinajstić information content (AvgIpc) is 3.05. The van der Waals surface area contributed by atoms with Crippen LogP contribution in [0.25, 0.3) is 6.08 Å². The maximum atomic E-state index is 12.8. The van der Waals surface area contributed by atoms with E-state index in [1.807, 2.05) is 63.2 Å². The Morgan fingerprint density at radius 1 is 1.25 bits per heavy atom. The van der Waals surface area contributed by atoms with Crippen molar-refractivity contribution in [1.82, 2.24) is 14.8 Å². The number of ether oxygens (including phenoxy) is 2. The van der Waals surface area contributed by atoms with Crippen LogP contribution in [-0.4, -0.2) is 56.8 Å². The van der Waals surface area contributed by atoms with E-state index in [1.165, 1.54) is 0 Å². The molecule has 0 aliphatic rings. The van der Waals surface area contributed by atoms with E-state index in [1.54, 1.807) is 20.3 Å². The van der Waals surface area contributed by atoms with Crippen molar-refractivity contribution in [3.05, 3.63) is 58.4 Å². The van der Waals surface area contributed by atoms with Gasteiger partial charge >= 0.3 is 0 Å². The van der Waals surface area contributed by atoms with Gasteiger partial charge in [-0.05, 0) is 70.3 Å². The van der Waals surface area contributed by atoms with Crippen molar-refractivity contribution >= 4 is 12.0 Å². The Morgan fingerprint density at radius 3 is 2.44 bits per heavy atom. The summed E-state index contributed by atoms with van der Waals surface area (Å²) in [5.74, 6) is 0.394. The minimum absolute atomic E-state index is 0.0373. The molecule has 0 aliphatic heterocycles. The molecule has 172 valence electrons. The van der Waals surface area contributed by atoms with E-state index in [4.69, 9.17) is 9.47 Å². The molecule has 0 saturated carbocycles. The molecule has 0 saturated heterocycles. The van der Waals surface area contributed by atoms with Crippen molar-refractivity contribution in [2.75, 3.05) is 41.5 Å². The number of aryl methyl sites for hydroxylation is 1. The first kappa shape index (κ1) is 25.2. The number of nitrogens with one attached hydrogen (secondary N) is 1. The zero-order valence-electron chi connectivity index (χ0n) is 20.1. The summed E-state index contributed by atoms with van der Waals surface area (Å²) >= 11 is 0. The van der Waals surface area contributed by atoms with Crippen LogP contribution in [0.4, 0.5) is 0 Å². The third-order valence-corrected chi connectivity index (χ3v) is 5.62. The van der Waals surface area contributed by atoms with Gasteiger partial charge in [-0.1, -0.05) is 12.1 Å². The Bertz CT molecular complexity index is 984. The third-order valence-electron chi connectivity index (χ3n) is 5.62. The smallest absolute Gasteiger partial charge is 0.262 e. The number of hydrogen-bond donors (Lipinski definition) is 1. The van der Waals surface area contributed by atoms with Crippen LogP contribution < -0.4 is 10.1 Å². The Morgan fingerprint density at radius 2 is 1.91 bits per heavy atom. The SMILES string of the molecule is COCC(C)n1c(C)cc(/C=C(\C#N)C(=O)NCC(c2ccc(OC)cc2)N(C)C)c1C. The highest BCUT2D eigenvalue weighted by Gasteiger charge is 2.19. The first-order chi connectivity index (χ1) is 15.2. The summed E-state index contributed by atoms with van der Waals surface area (Å²) in [7, 11) is 7.22. The van der Waals surface area contributed by atoms with E-state index in [0.717, 1.165) is 28.3 Å². The van der Waals surface area contributed by atoms with Crippen molar-refractivity contribution in [3.8, 4) is 11.8 Å². The van der Waals surface area contributed by atoms with E-state index >= 15 is 0 Å². The Balaban J connectivity index is 2.19. The average molecular weight is 439 g/mol. The number of amides is 1. The number of nitrogens with zero attached hydrogens (tertiary/aromatic N) is 3. The maximum absolute atomic E-state index is 12.8. The monoisotopic (exact) mass is 438 g/mol. The molecule has 0 aliphatic carbocycles. The molecule has 1 amide bonds. The second-order valence-corrected chi connectivity index (χ2v) is 8.13. The number of aromatic nitrogens is 1. The highest BCUT2D eigenvalue weighted by Crippen LogP contribution is 2.23. The first-order valence-electron chi connectivity index (χ1n) is 10.6. The van der Waals surface area contributed by atoms with Crippen LogP contribution in [0.15, 0.2) is 35.9 Å². The van der Waals surface area contributed by atoms with Gasteiger partial charge in [0.05, 0.1) is 25.8 Å². The second-order valence-electron chi connectivity index (χ2n) is 8.13. The van der Waals surface area contributed by atoms with Crippen LogP contribution in [0.5, 0.6) is 5.75 Å². The number of nitriles is 1. The summed E-state index contributed by atoms with van der Waals surface area (Å²) < 4.78 is 12.7. The lowest BCUT2D eigenvalue weighted by atomic mass is 10.1. The lowest BCUT2D eigenvalue weighted by Gasteiger charge is -2.25.